The number of hydrogen-bond acceptors (Lipinski definition) is 3. The summed E-state index contributed by atoms with van der Waals surface area (Å²) < 4.78 is 1.87. The normalized spacial score (nSPS) is 22.9. The SMILES string of the molecule is CCC1CC1n1nnc2c(C(=O)O)cccc21. The molecule has 0 amide bonds. The first-order valence-corrected chi connectivity index (χ1v) is 5.79. The number of rotatable bonds is 3. The van der Waals surface area contributed by atoms with E-state index in [4.69, 9.17) is 5.11 Å². The predicted molar refractivity (Wildman–Crippen MR) is 61.9 cm³/mol. The molecule has 0 saturated heterocycles. The Morgan fingerprint density at radius 2 is 2.41 bits per heavy atom. The molecule has 1 aliphatic rings. The highest BCUT2D eigenvalue weighted by Crippen LogP contribution is 2.46. The Kier molecular flexibility index (Phi) is 2.14. The van der Waals surface area contributed by atoms with E-state index in [-0.39, 0.29) is 5.56 Å². The van der Waals surface area contributed by atoms with Gasteiger partial charge >= 0.3 is 5.97 Å². The number of nitrogens with zero attached hydrogens (tertiary/aromatic N) is 3. The molecular weight excluding hydrogens is 218 g/mol. The van der Waals surface area contributed by atoms with E-state index >= 15 is 0 Å². The Morgan fingerprint density at radius 3 is 3.06 bits per heavy atom. The number of aromatic nitrogens is 3. The number of benzene rings is 1. The van der Waals surface area contributed by atoms with Gasteiger partial charge in [0.1, 0.15) is 5.52 Å². The maximum absolute atomic E-state index is 11.1. The summed E-state index contributed by atoms with van der Waals surface area (Å²) in [6.45, 7) is 2.16. The van der Waals surface area contributed by atoms with Gasteiger partial charge in [-0.1, -0.05) is 24.6 Å². The lowest BCUT2D eigenvalue weighted by atomic mass is 10.2. The first-order chi connectivity index (χ1) is 8.22. The second kappa shape index (κ2) is 3.55. The summed E-state index contributed by atoms with van der Waals surface area (Å²) in [5.41, 5.74) is 1.54. The molecule has 1 heterocycles. The van der Waals surface area contributed by atoms with E-state index in [9.17, 15) is 4.79 Å². The van der Waals surface area contributed by atoms with Crippen LogP contribution < -0.4 is 0 Å². The van der Waals surface area contributed by atoms with E-state index in [1.54, 1.807) is 12.1 Å². The van der Waals surface area contributed by atoms with Gasteiger partial charge in [0.15, 0.2) is 0 Å². The van der Waals surface area contributed by atoms with Gasteiger partial charge in [0.25, 0.3) is 0 Å². The molecule has 2 atom stereocenters. The molecular formula is C12H13N3O2. The smallest absolute Gasteiger partial charge is 0.338 e. The van der Waals surface area contributed by atoms with Crippen molar-refractivity contribution in [3.8, 4) is 0 Å². The standard InChI is InChI=1S/C12H13N3O2/c1-2-7-6-10(7)15-9-5-3-4-8(12(16)17)11(9)13-14-15/h3-5,7,10H,2,6H2,1H3,(H,16,17). The first-order valence-electron chi connectivity index (χ1n) is 5.79. The number of aromatic carboxylic acids is 1. The molecule has 1 aromatic heterocycles. The van der Waals surface area contributed by atoms with Crippen LogP contribution >= 0.6 is 0 Å². The van der Waals surface area contributed by atoms with Crippen molar-refractivity contribution in [3.63, 3.8) is 0 Å². The van der Waals surface area contributed by atoms with E-state index in [2.05, 4.69) is 17.2 Å². The van der Waals surface area contributed by atoms with Gasteiger partial charge in [-0.05, 0) is 24.5 Å². The van der Waals surface area contributed by atoms with Crippen LogP contribution in [-0.2, 0) is 0 Å². The van der Waals surface area contributed by atoms with Gasteiger partial charge in [0, 0.05) is 0 Å². The highest BCUT2D eigenvalue weighted by atomic mass is 16.4. The molecule has 1 aromatic carbocycles. The molecule has 2 aromatic rings. The van der Waals surface area contributed by atoms with Crippen molar-refractivity contribution < 1.29 is 9.90 Å². The van der Waals surface area contributed by atoms with Gasteiger partial charge in [-0.15, -0.1) is 5.10 Å². The largest absolute Gasteiger partial charge is 0.478 e. The fourth-order valence-electron chi connectivity index (χ4n) is 2.35. The second-order valence-electron chi connectivity index (χ2n) is 4.48. The Hall–Kier alpha value is -1.91. The van der Waals surface area contributed by atoms with Crippen LogP contribution in [0.25, 0.3) is 11.0 Å². The van der Waals surface area contributed by atoms with Crippen LogP contribution in [0.1, 0.15) is 36.2 Å². The van der Waals surface area contributed by atoms with E-state index < -0.39 is 5.97 Å². The minimum absolute atomic E-state index is 0.224. The van der Waals surface area contributed by atoms with Crippen molar-refractivity contribution in [2.24, 2.45) is 5.92 Å². The minimum Gasteiger partial charge on any atom is -0.478 e. The summed E-state index contributed by atoms with van der Waals surface area (Å²) in [7, 11) is 0. The summed E-state index contributed by atoms with van der Waals surface area (Å²) in [4.78, 5) is 11.1. The molecule has 0 radical (unpaired) electrons. The van der Waals surface area contributed by atoms with Crippen LogP contribution in [0.2, 0.25) is 0 Å². The molecule has 1 fully saturated rings. The molecule has 5 heteroatoms. The molecule has 0 bridgehead atoms. The van der Waals surface area contributed by atoms with Crippen LogP contribution in [0.15, 0.2) is 18.2 Å². The third-order valence-electron chi connectivity index (χ3n) is 3.46. The highest BCUT2D eigenvalue weighted by Gasteiger charge is 2.39. The number of carbonyl (C=O) groups is 1. The summed E-state index contributed by atoms with van der Waals surface area (Å²) in [5.74, 6) is -0.293. The van der Waals surface area contributed by atoms with E-state index in [0.29, 0.717) is 17.5 Å². The lowest BCUT2D eigenvalue weighted by molar-refractivity contribution is 0.0699. The highest BCUT2D eigenvalue weighted by molar-refractivity contribution is 6.00. The van der Waals surface area contributed by atoms with Crippen LogP contribution in [0, 0.1) is 5.92 Å². The molecule has 5 nitrogen and oxygen atoms in total. The summed E-state index contributed by atoms with van der Waals surface area (Å²) in [6.07, 6.45) is 2.25. The molecule has 1 N–H and O–H groups in total. The van der Waals surface area contributed by atoms with Crippen molar-refractivity contribution in [2.45, 2.75) is 25.8 Å². The minimum atomic E-state index is -0.953. The number of carboxylic acid groups (broad SMARTS) is 1. The molecule has 88 valence electrons. The zero-order valence-electron chi connectivity index (χ0n) is 9.50. The van der Waals surface area contributed by atoms with Gasteiger partial charge in [0.2, 0.25) is 0 Å². The lowest BCUT2D eigenvalue weighted by Gasteiger charge is -2.00. The van der Waals surface area contributed by atoms with Crippen molar-refractivity contribution in [3.05, 3.63) is 23.8 Å². The van der Waals surface area contributed by atoms with Gasteiger partial charge in [-0.25, -0.2) is 9.48 Å². The van der Waals surface area contributed by atoms with E-state index in [0.717, 1.165) is 18.4 Å². The predicted octanol–water partition coefficient (Wildman–Crippen LogP) is 2.10. The van der Waals surface area contributed by atoms with Crippen molar-refractivity contribution >= 4 is 17.0 Å². The molecule has 3 rings (SSSR count). The molecule has 0 spiro atoms. The topological polar surface area (TPSA) is 68.0 Å². The van der Waals surface area contributed by atoms with Crippen LogP contribution in [0.5, 0.6) is 0 Å². The second-order valence-corrected chi connectivity index (χ2v) is 4.48. The quantitative estimate of drug-likeness (QED) is 0.878. The average Bonchev–Trinajstić information content (AvgIpc) is 2.99. The third-order valence-corrected chi connectivity index (χ3v) is 3.46. The lowest BCUT2D eigenvalue weighted by Crippen LogP contribution is -1.99. The maximum atomic E-state index is 11.1. The van der Waals surface area contributed by atoms with Gasteiger partial charge in [-0.2, -0.15) is 0 Å². The Morgan fingerprint density at radius 1 is 1.59 bits per heavy atom. The van der Waals surface area contributed by atoms with Crippen molar-refractivity contribution in [2.75, 3.05) is 0 Å². The number of hydrogen-bond donors (Lipinski definition) is 1. The van der Waals surface area contributed by atoms with Crippen LogP contribution in [0.3, 0.4) is 0 Å². The molecule has 17 heavy (non-hydrogen) atoms. The summed E-state index contributed by atoms with van der Waals surface area (Å²) in [5, 5.41) is 17.2. The molecule has 1 aliphatic carbocycles. The summed E-state index contributed by atoms with van der Waals surface area (Å²) in [6, 6.07) is 5.59. The van der Waals surface area contributed by atoms with Crippen LogP contribution in [0.4, 0.5) is 0 Å². The van der Waals surface area contributed by atoms with Gasteiger partial charge in [0.05, 0.1) is 17.1 Å². The Bertz CT molecular complexity index is 590. The van der Waals surface area contributed by atoms with Crippen LogP contribution in [-0.4, -0.2) is 26.1 Å². The zero-order chi connectivity index (χ0) is 12.0. The zero-order valence-corrected chi connectivity index (χ0v) is 9.50. The fraction of sp³-hybridized carbons (Fsp3) is 0.417. The Labute approximate surface area is 98.0 Å². The monoisotopic (exact) mass is 231 g/mol. The van der Waals surface area contributed by atoms with Gasteiger partial charge < -0.3 is 5.11 Å². The molecule has 2 unspecified atom stereocenters. The van der Waals surface area contributed by atoms with E-state index in [1.807, 2.05) is 10.7 Å². The summed E-state index contributed by atoms with van der Waals surface area (Å²) >= 11 is 0. The van der Waals surface area contributed by atoms with Crippen molar-refractivity contribution in [1.29, 1.82) is 0 Å². The first kappa shape index (κ1) is 10.3. The Balaban J connectivity index is 2.11. The average molecular weight is 231 g/mol. The molecule has 0 aliphatic heterocycles. The fourth-order valence-corrected chi connectivity index (χ4v) is 2.35. The van der Waals surface area contributed by atoms with Gasteiger partial charge in [-0.3, -0.25) is 0 Å². The maximum Gasteiger partial charge on any atom is 0.338 e. The third kappa shape index (κ3) is 1.50. The molecule has 1 saturated carbocycles. The number of fused-ring (bicyclic) bond motifs is 1. The van der Waals surface area contributed by atoms with E-state index in [1.165, 1.54) is 0 Å². The number of carboxylic acids is 1. The van der Waals surface area contributed by atoms with Crippen molar-refractivity contribution in [1.82, 2.24) is 15.0 Å².